The van der Waals surface area contributed by atoms with E-state index in [0.717, 1.165) is 9.87 Å². The molecule has 2 aromatic rings. The fourth-order valence-corrected chi connectivity index (χ4v) is 4.42. The highest BCUT2D eigenvalue weighted by Gasteiger charge is 2.41. The summed E-state index contributed by atoms with van der Waals surface area (Å²) in [6.45, 7) is 0.0615. The van der Waals surface area contributed by atoms with Crippen LogP contribution in [0.4, 0.5) is 0 Å². The van der Waals surface area contributed by atoms with Gasteiger partial charge in [-0.2, -0.15) is 4.31 Å². The molecular weight excluding hydrogens is 344 g/mol. The molecule has 8 heteroatoms. The molecule has 1 aliphatic heterocycles. The maximum absolute atomic E-state index is 12.1. The fraction of sp³-hybridized carbons (Fsp3) is 0.235. The molecule has 1 saturated heterocycles. The number of benzene rings is 2. The average molecular weight is 362 g/mol. The number of hydrogen-bond donors (Lipinski definition) is 2. The number of nitrogens with zero attached hydrogens (tertiary/aromatic N) is 1. The number of amides is 1. The molecule has 7 nitrogen and oxygen atoms in total. The molecule has 132 valence electrons. The first kappa shape index (κ1) is 17.4. The average Bonchev–Trinajstić information content (AvgIpc) is 2.91. The third kappa shape index (κ3) is 3.98. The fourth-order valence-electron chi connectivity index (χ4n) is 2.73. The third-order valence-corrected chi connectivity index (χ3v) is 5.86. The van der Waals surface area contributed by atoms with Crippen LogP contribution >= 0.6 is 0 Å². The lowest BCUT2D eigenvalue weighted by molar-refractivity contribution is -0.133. The summed E-state index contributed by atoms with van der Waals surface area (Å²) >= 11 is 0. The molecule has 1 aliphatic rings. The number of ether oxygens (including phenoxy) is 1. The van der Waals surface area contributed by atoms with Crippen molar-refractivity contribution < 1.29 is 23.2 Å². The maximum Gasteiger partial charge on any atom is 0.261 e. The molecule has 1 heterocycles. The smallest absolute Gasteiger partial charge is 0.261 e. The zero-order valence-electron chi connectivity index (χ0n) is 13.3. The van der Waals surface area contributed by atoms with Crippen molar-refractivity contribution in [1.82, 2.24) is 9.79 Å². The number of para-hydroxylation sites is 1. The van der Waals surface area contributed by atoms with Crippen LogP contribution in [0.1, 0.15) is 12.0 Å². The topological polar surface area (TPSA) is 95.9 Å². The van der Waals surface area contributed by atoms with Crippen molar-refractivity contribution in [1.29, 1.82) is 0 Å². The van der Waals surface area contributed by atoms with Crippen LogP contribution in [0.2, 0.25) is 0 Å². The lowest BCUT2D eigenvalue weighted by Gasteiger charge is -2.21. The van der Waals surface area contributed by atoms with Gasteiger partial charge < -0.3 is 4.74 Å². The summed E-state index contributed by atoms with van der Waals surface area (Å²) in [6, 6.07) is 15.4. The Balaban J connectivity index is 1.73. The van der Waals surface area contributed by atoms with Crippen LogP contribution in [-0.2, 0) is 21.4 Å². The Hall–Kier alpha value is -2.42. The van der Waals surface area contributed by atoms with E-state index >= 15 is 0 Å². The molecule has 0 radical (unpaired) electrons. The summed E-state index contributed by atoms with van der Waals surface area (Å²) in [5.41, 5.74) is 2.26. The zero-order chi connectivity index (χ0) is 17.9. The monoisotopic (exact) mass is 362 g/mol. The number of sulfonamides is 1. The SMILES string of the molecule is O=C(NO)[C@H]1CCS(=O)(=O)N1Cc1ccc(Oc2ccccc2)cc1. The quantitative estimate of drug-likeness (QED) is 0.625. The molecule has 0 saturated carbocycles. The van der Waals surface area contributed by atoms with Crippen LogP contribution < -0.4 is 10.2 Å². The minimum Gasteiger partial charge on any atom is -0.457 e. The van der Waals surface area contributed by atoms with E-state index in [9.17, 15) is 13.2 Å². The van der Waals surface area contributed by atoms with Crippen LogP contribution in [0.25, 0.3) is 0 Å². The first-order valence-corrected chi connectivity index (χ1v) is 9.36. The van der Waals surface area contributed by atoms with Gasteiger partial charge in [-0.05, 0) is 36.2 Å². The Morgan fingerprint density at radius 3 is 2.40 bits per heavy atom. The van der Waals surface area contributed by atoms with Crippen LogP contribution in [0, 0.1) is 0 Å². The minimum atomic E-state index is -3.52. The molecule has 0 bridgehead atoms. The summed E-state index contributed by atoms with van der Waals surface area (Å²) in [5, 5.41) is 8.79. The van der Waals surface area contributed by atoms with E-state index in [0.29, 0.717) is 11.5 Å². The van der Waals surface area contributed by atoms with E-state index in [-0.39, 0.29) is 18.7 Å². The van der Waals surface area contributed by atoms with Crippen molar-refractivity contribution in [3.63, 3.8) is 0 Å². The van der Waals surface area contributed by atoms with Gasteiger partial charge in [0.05, 0.1) is 5.75 Å². The lowest BCUT2D eigenvalue weighted by atomic mass is 10.1. The normalized spacial score (nSPS) is 19.5. The highest BCUT2D eigenvalue weighted by molar-refractivity contribution is 7.89. The van der Waals surface area contributed by atoms with E-state index in [1.807, 2.05) is 30.3 Å². The highest BCUT2D eigenvalue weighted by Crippen LogP contribution is 2.26. The van der Waals surface area contributed by atoms with E-state index in [4.69, 9.17) is 9.94 Å². The second kappa shape index (κ2) is 7.22. The summed E-state index contributed by atoms with van der Waals surface area (Å²) in [4.78, 5) is 11.7. The molecule has 25 heavy (non-hydrogen) atoms. The van der Waals surface area contributed by atoms with Gasteiger partial charge in [-0.1, -0.05) is 30.3 Å². The number of hydroxylamine groups is 1. The molecule has 0 aliphatic carbocycles. The summed E-state index contributed by atoms with van der Waals surface area (Å²) in [5.74, 6) is 0.506. The lowest BCUT2D eigenvalue weighted by Crippen LogP contribution is -2.43. The Labute approximate surface area is 145 Å². The van der Waals surface area contributed by atoms with Gasteiger partial charge in [-0.3, -0.25) is 10.0 Å². The molecule has 1 fully saturated rings. The summed E-state index contributed by atoms with van der Waals surface area (Å²) in [6.07, 6.45) is 0.157. The number of carbonyl (C=O) groups is 1. The molecule has 2 N–H and O–H groups in total. The molecule has 0 aromatic heterocycles. The van der Waals surface area contributed by atoms with Crippen molar-refractivity contribution in [2.75, 3.05) is 5.75 Å². The van der Waals surface area contributed by atoms with E-state index in [1.54, 1.807) is 24.3 Å². The molecule has 3 rings (SSSR count). The Kier molecular flexibility index (Phi) is 5.03. The molecule has 0 unspecified atom stereocenters. The van der Waals surface area contributed by atoms with Crippen molar-refractivity contribution >= 4 is 15.9 Å². The standard InChI is InChI=1S/C17H18N2O5S/c20-17(18-21)16-10-11-25(22,23)19(16)12-13-6-8-15(9-7-13)24-14-4-2-1-3-5-14/h1-9,16,21H,10-12H2,(H,18,20)/t16-/m1/s1. The molecule has 0 spiro atoms. The van der Waals surface area contributed by atoms with Crippen LogP contribution in [-0.4, -0.2) is 35.6 Å². The number of carbonyl (C=O) groups excluding carboxylic acids is 1. The van der Waals surface area contributed by atoms with Crippen molar-refractivity contribution in [2.45, 2.75) is 19.0 Å². The molecule has 1 atom stereocenters. The zero-order valence-corrected chi connectivity index (χ0v) is 14.1. The van der Waals surface area contributed by atoms with Crippen LogP contribution in [0.3, 0.4) is 0 Å². The van der Waals surface area contributed by atoms with E-state index in [1.165, 1.54) is 5.48 Å². The van der Waals surface area contributed by atoms with Crippen molar-refractivity contribution in [3.05, 3.63) is 60.2 Å². The van der Waals surface area contributed by atoms with Crippen LogP contribution in [0.15, 0.2) is 54.6 Å². The molecule has 2 aromatic carbocycles. The second-order valence-electron chi connectivity index (χ2n) is 5.70. The van der Waals surface area contributed by atoms with Gasteiger partial charge in [0.1, 0.15) is 17.5 Å². The van der Waals surface area contributed by atoms with Crippen molar-refractivity contribution in [3.8, 4) is 11.5 Å². The van der Waals surface area contributed by atoms with Gasteiger partial charge in [0.2, 0.25) is 10.0 Å². The highest BCUT2D eigenvalue weighted by atomic mass is 32.2. The number of hydrogen-bond acceptors (Lipinski definition) is 5. The van der Waals surface area contributed by atoms with E-state index in [2.05, 4.69) is 0 Å². The number of nitrogens with one attached hydrogen (secondary N) is 1. The van der Waals surface area contributed by atoms with Gasteiger partial charge in [-0.25, -0.2) is 13.9 Å². The van der Waals surface area contributed by atoms with Crippen LogP contribution in [0.5, 0.6) is 11.5 Å². The Morgan fingerprint density at radius 2 is 1.76 bits per heavy atom. The molecular formula is C17H18N2O5S. The van der Waals surface area contributed by atoms with Gasteiger partial charge in [0.15, 0.2) is 0 Å². The largest absolute Gasteiger partial charge is 0.457 e. The Bertz CT molecular complexity index is 837. The first-order chi connectivity index (χ1) is 12.0. The summed E-state index contributed by atoms with van der Waals surface area (Å²) in [7, 11) is -3.52. The van der Waals surface area contributed by atoms with Gasteiger partial charge in [0, 0.05) is 6.54 Å². The van der Waals surface area contributed by atoms with Gasteiger partial charge >= 0.3 is 0 Å². The van der Waals surface area contributed by atoms with Crippen molar-refractivity contribution in [2.24, 2.45) is 0 Å². The minimum absolute atomic E-state index is 0.0615. The number of rotatable bonds is 5. The predicted molar refractivity (Wildman–Crippen MR) is 90.6 cm³/mol. The summed E-state index contributed by atoms with van der Waals surface area (Å²) < 4.78 is 31.1. The Morgan fingerprint density at radius 1 is 1.12 bits per heavy atom. The van der Waals surface area contributed by atoms with Gasteiger partial charge in [-0.15, -0.1) is 0 Å². The van der Waals surface area contributed by atoms with Gasteiger partial charge in [0.25, 0.3) is 5.91 Å². The first-order valence-electron chi connectivity index (χ1n) is 7.75. The predicted octanol–water partition coefficient (Wildman–Crippen LogP) is 1.89. The molecule has 1 amide bonds. The van der Waals surface area contributed by atoms with E-state index < -0.39 is 22.0 Å². The maximum atomic E-state index is 12.1. The third-order valence-electron chi connectivity index (χ3n) is 4.01. The second-order valence-corrected chi connectivity index (χ2v) is 7.74.